The average molecular weight is 392 g/mol. The molecule has 1 heterocycles. The van der Waals surface area contributed by atoms with E-state index >= 15 is 0 Å². The summed E-state index contributed by atoms with van der Waals surface area (Å²) in [6.07, 6.45) is 0. The summed E-state index contributed by atoms with van der Waals surface area (Å²) in [7, 11) is 0. The molecule has 0 N–H and O–H groups in total. The normalized spacial score (nSPS) is 10.9. The van der Waals surface area contributed by atoms with E-state index < -0.39 is 0 Å². The molecule has 0 unspecified atom stereocenters. The van der Waals surface area contributed by atoms with Crippen LogP contribution in [-0.4, -0.2) is 9.55 Å². The number of hydrogen-bond donors (Lipinski definition) is 0. The zero-order valence-electron chi connectivity index (χ0n) is 10.7. The summed E-state index contributed by atoms with van der Waals surface area (Å²) in [4.78, 5) is 4.76. The molecule has 2 aromatic carbocycles. The third kappa shape index (κ3) is 2.58. The van der Waals surface area contributed by atoms with E-state index in [0.29, 0.717) is 6.54 Å². The van der Waals surface area contributed by atoms with E-state index in [2.05, 4.69) is 61.2 Å². The van der Waals surface area contributed by atoms with E-state index in [1.54, 1.807) is 0 Å². The molecule has 0 radical (unpaired) electrons. The fourth-order valence-electron chi connectivity index (χ4n) is 2.26. The number of allylic oxidation sites excluding steroid dienone is 1. The zero-order chi connectivity index (χ0) is 14.1. The summed E-state index contributed by atoms with van der Waals surface area (Å²) in [5, 5.41) is 0. The second-order valence-corrected chi connectivity index (χ2v) is 6.58. The molecule has 0 atom stereocenters. The van der Waals surface area contributed by atoms with Crippen molar-refractivity contribution in [1.82, 2.24) is 9.55 Å². The highest BCUT2D eigenvalue weighted by atomic mass is 79.9. The van der Waals surface area contributed by atoms with Crippen LogP contribution in [0.1, 0.15) is 0 Å². The van der Waals surface area contributed by atoms with Crippen LogP contribution in [-0.2, 0) is 6.54 Å². The molecule has 0 fully saturated rings. The summed E-state index contributed by atoms with van der Waals surface area (Å²) in [6, 6.07) is 16.3. The van der Waals surface area contributed by atoms with Gasteiger partial charge in [0.15, 0.2) is 0 Å². The van der Waals surface area contributed by atoms with Crippen molar-refractivity contribution in [1.29, 1.82) is 0 Å². The third-order valence-corrected chi connectivity index (χ3v) is 3.81. The van der Waals surface area contributed by atoms with Gasteiger partial charge in [-0.1, -0.05) is 62.7 Å². The van der Waals surface area contributed by atoms with Crippen molar-refractivity contribution in [3.05, 3.63) is 64.1 Å². The Morgan fingerprint density at radius 1 is 1.15 bits per heavy atom. The molecule has 0 spiro atoms. The van der Waals surface area contributed by atoms with Gasteiger partial charge in [0.1, 0.15) is 5.82 Å². The number of imidazole rings is 1. The highest BCUT2D eigenvalue weighted by Gasteiger charge is 2.12. The van der Waals surface area contributed by atoms with Crippen LogP contribution in [0.15, 0.2) is 64.1 Å². The van der Waals surface area contributed by atoms with Crippen LogP contribution in [0.2, 0.25) is 0 Å². The average Bonchev–Trinajstić information content (AvgIpc) is 2.77. The summed E-state index contributed by atoms with van der Waals surface area (Å²) in [6.45, 7) is 4.64. The van der Waals surface area contributed by atoms with Crippen LogP contribution in [0.25, 0.3) is 22.4 Å². The van der Waals surface area contributed by atoms with Crippen LogP contribution >= 0.6 is 31.9 Å². The summed E-state index contributed by atoms with van der Waals surface area (Å²) in [5.74, 6) is 0.952. The van der Waals surface area contributed by atoms with Crippen molar-refractivity contribution in [3.63, 3.8) is 0 Å². The number of nitrogens with zero attached hydrogens (tertiary/aromatic N) is 2. The molecule has 0 aliphatic carbocycles. The van der Waals surface area contributed by atoms with Crippen molar-refractivity contribution in [3.8, 4) is 11.4 Å². The second kappa shape index (κ2) is 5.54. The Kier molecular flexibility index (Phi) is 3.76. The zero-order valence-corrected chi connectivity index (χ0v) is 13.9. The van der Waals surface area contributed by atoms with Crippen LogP contribution < -0.4 is 0 Å². The first-order valence-corrected chi connectivity index (χ1v) is 7.78. The minimum Gasteiger partial charge on any atom is -0.319 e. The SMILES string of the molecule is C=C(Br)Cn1c(-c2cccc(Br)c2)nc2ccccc21. The molecule has 100 valence electrons. The molecule has 4 heteroatoms. The Labute approximate surface area is 134 Å². The summed E-state index contributed by atoms with van der Waals surface area (Å²) < 4.78 is 4.15. The number of aromatic nitrogens is 2. The third-order valence-electron chi connectivity index (χ3n) is 3.07. The largest absolute Gasteiger partial charge is 0.319 e. The Morgan fingerprint density at radius 3 is 2.70 bits per heavy atom. The Morgan fingerprint density at radius 2 is 1.95 bits per heavy atom. The first-order valence-electron chi connectivity index (χ1n) is 6.19. The van der Waals surface area contributed by atoms with Crippen molar-refractivity contribution >= 4 is 42.9 Å². The van der Waals surface area contributed by atoms with Gasteiger partial charge in [0.25, 0.3) is 0 Å². The number of halogens is 2. The predicted octanol–water partition coefficient (Wildman–Crippen LogP) is 5.37. The van der Waals surface area contributed by atoms with E-state index in [1.165, 1.54) is 0 Å². The van der Waals surface area contributed by atoms with Crippen molar-refractivity contribution in [2.45, 2.75) is 6.54 Å². The highest BCUT2D eigenvalue weighted by Crippen LogP contribution is 2.28. The molecule has 0 aliphatic heterocycles. The van der Waals surface area contributed by atoms with Crippen LogP contribution in [0.4, 0.5) is 0 Å². The monoisotopic (exact) mass is 390 g/mol. The molecule has 0 saturated heterocycles. The van der Waals surface area contributed by atoms with Gasteiger partial charge in [0.05, 0.1) is 17.6 Å². The number of para-hydroxylation sites is 2. The van der Waals surface area contributed by atoms with E-state index in [1.807, 2.05) is 30.3 Å². The molecule has 1 aromatic heterocycles. The number of fused-ring (bicyclic) bond motifs is 1. The Hall–Kier alpha value is -1.39. The quantitative estimate of drug-likeness (QED) is 0.586. The van der Waals surface area contributed by atoms with Crippen molar-refractivity contribution in [2.24, 2.45) is 0 Å². The highest BCUT2D eigenvalue weighted by molar-refractivity contribution is 9.11. The lowest BCUT2D eigenvalue weighted by molar-refractivity contribution is 0.855. The van der Waals surface area contributed by atoms with Gasteiger partial charge in [-0.25, -0.2) is 4.98 Å². The van der Waals surface area contributed by atoms with Crippen molar-refractivity contribution < 1.29 is 0 Å². The van der Waals surface area contributed by atoms with Gasteiger partial charge in [-0.3, -0.25) is 0 Å². The van der Waals surface area contributed by atoms with Crippen molar-refractivity contribution in [2.75, 3.05) is 0 Å². The van der Waals surface area contributed by atoms with Crippen LogP contribution in [0.3, 0.4) is 0 Å². The maximum Gasteiger partial charge on any atom is 0.141 e. The lowest BCUT2D eigenvalue weighted by Crippen LogP contribution is -2.00. The van der Waals surface area contributed by atoms with Gasteiger partial charge in [0, 0.05) is 14.5 Å². The van der Waals surface area contributed by atoms with Gasteiger partial charge < -0.3 is 4.57 Å². The van der Waals surface area contributed by atoms with E-state index in [0.717, 1.165) is 31.4 Å². The second-order valence-electron chi connectivity index (χ2n) is 4.54. The van der Waals surface area contributed by atoms with Gasteiger partial charge in [0.2, 0.25) is 0 Å². The number of hydrogen-bond acceptors (Lipinski definition) is 1. The topological polar surface area (TPSA) is 17.8 Å². The fourth-order valence-corrected chi connectivity index (χ4v) is 2.91. The van der Waals surface area contributed by atoms with Gasteiger partial charge in [-0.05, 0) is 24.3 Å². The standard InChI is InChI=1S/C16H12Br2N2/c1-11(17)10-20-15-8-3-2-7-14(15)19-16(20)12-5-4-6-13(18)9-12/h2-9H,1,10H2. The molecule has 3 rings (SSSR count). The van der Waals surface area contributed by atoms with Crippen LogP contribution in [0, 0.1) is 0 Å². The van der Waals surface area contributed by atoms with Gasteiger partial charge in [-0.15, -0.1) is 0 Å². The van der Waals surface area contributed by atoms with Gasteiger partial charge >= 0.3 is 0 Å². The number of rotatable bonds is 3. The maximum absolute atomic E-state index is 4.76. The van der Waals surface area contributed by atoms with E-state index in [4.69, 9.17) is 4.98 Å². The molecule has 0 aliphatic rings. The predicted molar refractivity (Wildman–Crippen MR) is 90.9 cm³/mol. The first-order chi connectivity index (χ1) is 9.65. The van der Waals surface area contributed by atoms with E-state index in [-0.39, 0.29) is 0 Å². The molecule has 0 saturated carbocycles. The molecule has 0 bridgehead atoms. The molecule has 2 nitrogen and oxygen atoms in total. The van der Waals surface area contributed by atoms with Gasteiger partial charge in [-0.2, -0.15) is 0 Å². The summed E-state index contributed by atoms with van der Waals surface area (Å²) in [5.41, 5.74) is 3.20. The van der Waals surface area contributed by atoms with Crippen LogP contribution in [0.5, 0.6) is 0 Å². The molecule has 3 aromatic rings. The molecule has 0 amide bonds. The smallest absolute Gasteiger partial charge is 0.141 e. The molecular weight excluding hydrogens is 380 g/mol. The summed E-state index contributed by atoms with van der Waals surface area (Å²) >= 11 is 6.97. The number of benzene rings is 2. The fraction of sp³-hybridized carbons (Fsp3) is 0.0625. The minimum absolute atomic E-state index is 0.697. The lowest BCUT2D eigenvalue weighted by atomic mass is 10.2. The Balaban J connectivity index is 2.26. The molecule has 20 heavy (non-hydrogen) atoms. The lowest BCUT2D eigenvalue weighted by Gasteiger charge is -2.08. The first kappa shape index (κ1) is 13.6. The minimum atomic E-state index is 0.697. The Bertz CT molecular complexity index is 790. The van der Waals surface area contributed by atoms with E-state index in [9.17, 15) is 0 Å². The molecular formula is C16H12Br2N2. The maximum atomic E-state index is 4.76.